The van der Waals surface area contributed by atoms with Crippen molar-refractivity contribution in [2.45, 2.75) is 33.6 Å². The average Bonchev–Trinajstić information content (AvgIpc) is 2.83. The molecule has 1 aromatic carbocycles. The van der Waals surface area contributed by atoms with E-state index in [1.54, 1.807) is 13.8 Å². The minimum absolute atomic E-state index is 0.0705. The first-order valence-electron chi connectivity index (χ1n) is 6.86. The summed E-state index contributed by atoms with van der Waals surface area (Å²) in [5.41, 5.74) is 3.23. The fourth-order valence-corrected chi connectivity index (χ4v) is 3.05. The number of aromatic carboxylic acids is 1. The molecule has 0 aliphatic heterocycles. The first-order chi connectivity index (χ1) is 10.3. The van der Waals surface area contributed by atoms with Gasteiger partial charge in [-0.2, -0.15) is 0 Å². The number of benzene rings is 1. The third-order valence-electron chi connectivity index (χ3n) is 3.40. The summed E-state index contributed by atoms with van der Waals surface area (Å²) in [6.07, 6.45) is 0. The molecule has 6 heteroatoms. The summed E-state index contributed by atoms with van der Waals surface area (Å²) < 4.78 is 0. The Hall–Kier alpha value is -2.21. The number of amides is 1. The molecule has 0 unspecified atom stereocenters. The Bertz CT molecular complexity index is 737. The molecule has 2 aromatic rings. The summed E-state index contributed by atoms with van der Waals surface area (Å²) >= 11 is 0.987. The molecule has 0 aliphatic rings. The summed E-state index contributed by atoms with van der Waals surface area (Å²) in [6, 6.07) is 5.77. The molecule has 1 heterocycles. The van der Waals surface area contributed by atoms with Crippen LogP contribution >= 0.6 is 11.3 Å². The minimum Gasteiger partial charge on any atom is -0.544 e. The van der Waals surface area contributed by atoms with E-state index in [2.05, 4.69) is 10.3 Å². The zero-order chi connectivity index (χ0) is 16.4. The van der Waals surface area contributed by atoms with Gasteiger partial charge < -0.3 is 15.2 Å². The molecule has 0 radical (unpaired) electrons. The van der Waals surface area contributed by atoms with Crippen LogP contribution in [0.25, 0.3) is 0 Å². The van der Waals surface area contributed by atoms with E-state index in [4.69, 9.17) is 0 Å². The Morgan fingerprint density at radius 2 is 1.95 bits per heavy atom. The van der Waals surface area contributed by atoms with E-state index in [9.17, 15) is 14.7 Å². The van der Waals surface area contributed by atoms with Crippen LogP contribution in [0.5, 0.6) is 0 Å². The highest BCUT2D eigenvalue weighted by molar-refractivity contribution is 7.13. The van der Waals surface area contributed by atoms with Gasteiger partial charge in [0.1, 0.15) is 5.01 Å². The number of hydrogen-bond acceptors (Lipinski definition) is 5. The highest BCUT2D eigenvalue weighted by Crippen LogP contribution is 2.26. The van der Waals surface area contributed by atoms with Crippen molar-refractivity contribution in [3.8, 4) is 0 Å². The maximum atomic E-state index is 12.3. The Balaban J connectivity index is 2.18. The second kappa shape index (κ2) is 6.27. The minimum atomic E-state index is -1.26. The highest BCUT2D eigenvalue weighted by atomic mass is 32.1. The number of carbonyl (C=O) groups is 2. The SMILES string of the molecule is Cc1ccc(NC(=O)[C@H](C)c2nc(C)c(C(=O)[O-])s2)c(C)c1. The lowest BCUT2D eigenvalue weighted by molar-refractivity contribution is -0.254. The van der Waals surface area contributed by atoms with Gasteiger partial charge in [0.05, 0.1) is 22.5 Å². The van der Waals surface area contributed by atoms with Crippen LogP contribution in [0, 0.1) is 20.8 Å². The number of thiazole rings is 1. The van der Waals surface area contributed by atoms with Gasteiger partial charge >= 0.3 is 0 Å². The number of carbonyl (C=O) groups excluding carboxylic acids is 2. The van der Waals surface area contributed by atoms with E-state index in [1.807, 2.05) is 32.0 Å². The second-order valence-electron chi connectivity index (χ2n) is 5.28. The van der Waals surface area contributed by atoms with E-state index >= 15 is 0 Å². The van der Waals surface area contributed by atoms with Gasteiger partial charge in [-0.1, -0.05) is 17.7 Å². The normalized spacial score (nSPS) is 12.0. The molecule has 116 valence electrons. The summed E-state index contributed by atoms with van der Waals surface area (Å²) in [6.45, 7) is 7.21. The van der Waals surface area contributed by atoms with Crippen LogP contribution in [0.4, 0.5) is 5.69 Å². The van der Waals surface area contributed by atoms with Crippen LogP contribution in [0.1, 0.15) is 44.3 Å². The lowest BCUT2D eigenvalue weighted by Crippen LogP contribution is -2.21. The van der Waals surface area contributed by atoms with Crippen molar-refractivity contribution in [3.05, 3.63) is 44.9 Å². The Labute approximate surface area is 133 Å². The van der Waals surface area contributed by atoms with E-state index in [1.165, 1.54) is 0 Å². The van der Waals surface area contributed by atoms with Crippen LogP contribution < -0.4 is 10.4 Å². The molecular formula is C16H17N2O3S-. The number of carboxylic acids is 1. The zero-order valence-corrected chi connectivity index (χ0v) is 13.7. The average molecular weight is 317 g/mol. The fraction of sp³-hybridized carbons (Fsp3) is 0.312. The van der Waals surface area contributed by atoms with Crippen molar-refractivity contribution >= 4 is 28.9 Å². The van der Waals surface area contributed by atoms with Crippen LogP contribution in [0.3, 0.4) is 0 Å². The van der Waals surface area contributed by atoms with Crippen molar-refractivity contribution in [2.75, 3.05) is 5.32 Å². The van der Waals surface area contributed by atoms with Crippen LogP contribution in [-0.4, -0.2) is 16.9 Å². The molecule has 1 N–H and O–H groups in total. The monoisotopic (exact) mass is 317 g/mol. The Kier molecular flexibility index (Phi) is 4.61. The van der Waals surface area contributed by atoms with Crippen molar-refractivity contribution < 1.29 is 14.7 Å². The van der Waals surface area contributed by atoms with E-state index in [0.29, 0.717) is 10.7 Å². The summed E-state index contributed by atoms with van der Waals surface area (Å²) in [4.78, 5) is 27.5. The first kappa shape index (κ1) is 16.2. The Morgan fingerprint density at radius 3 is 2.50 bits per heavy atom. The van der Waals surface area contributed by atoms with E-state index in [0.717, 1.165) is 28.2 Å². The predicted octanol–water partition coefficient (Wildman–Crippen LogP) is 2.17. The highest BCUT2D eigenvalue weighted by Gasteiger charge is 2.21. The largest absolute Gasteiger partial charge is 0.544 e. The molecule has 0 fully saturated rings. The van der Waals surface area contributed by atoms with Gasteiger partial charge in [-0.25, -0.2) is 4.98 Å². The van der Waals surface area contributed by atoms with Gasteiger partial charge in [0, 0.05) is 5.69 Å². The van der Waals surface area contributed by atoms with E-state index < -0.39 is 11.9 Å². The van der Waals surface area contributed by atoms with Gasteiger partial charge in [-0.3, -0.25) is 4.79 Å². The summed E-state index contributed by atoms with van der Waals surface area (Å²) in [5.74, 6) is -2.01. The van der Waals surface area contributed by atoms with Gasteiger partial charge in [-0.15, -0.1) is 11.3 Å². The number of aromatic nitrogens is 1. The molecule has 0 saturated carbocycles. The predicted molar refractivity (Wildman–Crippen MR) is 84.1 cm³/mol. The fourth-order valence-electron chi connectivity index (χ4n) is 2.10. The van der Waals surface area contributed by atoms with Crippen molar-refractivity contribution in [1.29, 1.82) is 0 Å². The molecular weight excluding hydrogens is 300 g/mol. The summed E-state index contributed by atoms with van der Waals surface area (Å²) in [5, 5.41) is 14.3. The van der Waals surface area contributed by atoms with Gasteiger partial charge in [0.25, 0.3) is 0 Å². The zero-order valence-electron chi connectivity index (χ0n) is 12.9. The maximum absolute atomic E-state index is 12.3. The molecule has 0 spiro atoms. The number of rotatable bonds is 4. The van der Waals surface area contributed by atoms with Crippen molar-refractivity contribution in [2.24, 2.45) is 0 Å². The lowest BCUT2D eigenvalue weighted by Gasteiger charge is -2.12. The number of nitrogens with one attached hydrogen (secondary N) is 1. The van der Waals surface area contributed by atoms with Crippen LogP contribution in [0.2, 0.25) is 0 Å². The van der Waals surface area contributed by atoms with Gasteiger partial charge in [0.2, 0.25) is 5.91 Å². The molecule has 0 saturated heterocycles. The van der Waals surface area contributed by atoms with Gasteiger partial charge in [-0.05, 0) is 39.3 Å². The molecule has 1 amide bonds. The number of anilines is 1. The molecule has 1 aromatic heterocycles. The van der Waals surface area contributed by atoms with Gasteiger partial charge in [0.15, 0.2) is 0 Å². The van der Waals surface area contributed by atoms with Crippen LogP contribution in [0.15, 0.2) is 18.2 Å². The first-order valence-corrected chi connectivity index (χ1v) is 7.68. The molecule has 0 bridgehead atoms. The van der Waals surface area contributed by atoms with Crippen molar-refractivity contribution in [3.63, 3.8) is 0 Å². The lowest BCUT2D eigenvalue weighted by atomic mass is 10.1. The number of carboxylic acid groups (broad SMARTS) is 1. The molecule has 5 nitrogen and oxygen atoms in total. The smallest absolute Gasteiger partial charge is 0.234 e. The number of hydrogen-bond donors (Lipinski definition) is 1. The number of nitrogens with zero attached hydrogens (tertiary/aromatic N) is 1. The standard InChI is InChI=1S/C16H18N2O3S/c1-8-5-6-12(9(2)7-8)18-14(19)10(3)15-17-11(4)13(22-15)16(20)21/h5-7,10H,1-4H3,(H,18,19)(H,20,21)/p-1/t10-/m0/s1. The molecule has 22 heavy (non-hydrogen) atoms. The third kappa shape index (κ3) is 3.33. The quantitative estimate of drug-likeness (QED) is 0.937. The molecule has 1 atom stereocenters. The van der Waals surface area contributed by atoms with Crippen molar-refractivity contribution in [1.82, 2.24) is 4.98 Å². The topological polar surface area (TPSA) is 82.1 Å². The summed E-state index contributed by atoms with van der Waals surface area (Å²) in [7, 11) is 0. The second-order valence-corrected chi connectivity index (χ2v) is 6.31. The van der Waals surface area contributed by atoms with Crippen LogP contribution in [-0.2, 0) is 4.79 Å². The Morgan fingerprint density at radius 1 is 1.27 bits per heavy atom. The van der Waals surface area contributed by atoms with E-state index in [-0.39, 0.29) is 10.8 Å². The third-order valence-corrected chi connectivity index (χ3v) is 4.72. The number of aryl methyl sites for hydroxylation is 3. The maximum Gasteiger partial charge on any atom is 0.234 e. The molecule has 0 aliphatic carbocycles. The molecule has 2 rings (SSSR count).